The van der Waals surface area contributed by atoms with Crippen LogP contribution in [0.1, 0.15) is 29.6 Å². The van der Waals surface area contributed by atoms with Gasteiger partial charge in [-0.15, -0.1) is 12.4 Å². The molecule has 0 unspecified atom stereocenters. The van der Waals surface area contributed by atoms with Crippen LogP contribution >= 0.6 is 28.3 Å². The monoisotopic (exact) mass is 382 g/mol. The van der Waals surface area contributed by atoms with E-state index in [2.05, 4.69) is 32.6 Å². The molecule has 1 fully saturated rings. The van der Waals surface area contributed by atoms with Crippen LogP contribution in [-0.2, 0) is 0 Å². The fourth-order valence-electron chi connectivity index (χ4n) is 2.82. The van der Waals surface area contributed by atoms with Crippen molar-refractivity contribution < 1.29 is 4.79 Å². The molecule has 0 bridgehead atoms. The number of hydrogen-bond donors (Lipinski definition) is 2. The molecule has 0 aliphatic carbocycles. The van der Waals surface area contributed by atoms with Crippen molar-refractivity contribution in [2.45, 2.75) is 25.3 Å². The van der Waals surface area contributed by atoms with Crippen molar-refractivity contribution in [2.24, 2.45) is 0 Å². The van der Waals surface area contributed by atoms with Crippen molar-refractivity contribution in [3.8, 4) is 0 Å². The Hall–Kier alpha value is -1.10. The average molecular weight is 384 g/mol. The van der Waals surface area contributed by atoms with Gasteiger partial charge in [-0.2, -0.15) is 0 Å². The number of carbonyl (C=O) groups excluding carboxylic acids is 1. The summed E-state index contributed by atoms with van der Waals surface area (Å²) in [6, 6.07) is 12.5. The van der Waals surface area contributed by atoms with Crippen LogP contribution in [0.2, 0.25) is 0 Å². The third-order valence-electron chi connectivity index (χ3n) is 4.01. The van der Waals surface area contributed by atoms with Crippen LogP contribution in [-0.4, -0.2) is 25.0 Å². The molecule has 0 saturated carbocycles. The fraction of sp³-hybridized carbons (Fsp3) is 0.353. The van der Waals surface area contributed by atoms with Gasteiger partial charge in [0.05, 0.1) is 0 Å². The molecule has 3 rings (SSSR count). The van der Waals surface area contributed by atoms with Crippen molar-refractivity contribution in [2.75, 3.05) is 13.1 Å². The molecule has 0 radical (unpaired) electrons. The third-order valence-corrected chi connectivity index (χ3v) is 4.50. The summed E-state index contributed by atoms with van der Waals surface area (Å²) in [6.45, 7) is 1.84. The molecular weight excluding hydrogens is 364 g/mol. The normalized spacial score (nSPS) is 17.2. The van der Waals surface area contributed by atoms with Gasteiger partial charge in [0.1, 0.15) is 0 Å². The fourth-order valence-corrected chi connectivity index (χ4v) is 3.20. The van der Waals surface area contributed by atoms with Gasteiger partial charge in [-0.05, 0) is 60.8 Å². The quantitative estimate of drug-likeness (QED) is 0.841. The molecule has 2 aromatic rings. The van der Waals surface area contributed by atoms with E-state index in [1.807, 2.05) is 30.3 Å². The number of rotatable bonds is 4. The lowest BCUT2D eigenvalue weighted by Gasteiger charge is -2.11. The van der Waals surface area contributed by atoms with E-state index in [4.69, 9.17) is 0 Å². The highest BCUT2D eigenvalue weighted by Gasteiger charge is 2.14. The van der Waals surface area contributed by atoms with Gasteiger partial charge in [0.15, 0.2) is 0 Å². The van der Waals surface area contributed by atoms with Crippen LogP contribution in [0.5, 0.6) is 0 Å². The highest BCUT2D eigenvalue weighted by molar-refractivity contribution is 9.10. The average Bonchev–Trinajstić information content (AvgIpc) is 3.00. The molecule has 0 aromatic heterocycles. The summed E-state index contributed by atoms with van der Waals surface area (Å²) in [5.74, 6) is 0.0119. The highest BCUT2D eigenvalue weighted by atomic mass is 79.9. The molecule has 1 aliphatic heterocycles. The number of carbonyl (C=O) groups is 1. The number of fused-ring (bicyclic) bond motifs is 1. The number of amides is 1. The van der Waals surface area contributed by atoms with Gasteiger partial charge in [-0.25, -0.2) is 0 Å². The topological polar surface area (TPSA) is 41.1 Å². The van der Waals surface area contributed by atoms with E-state index in [0.717, 1.165) is 40.3 Å². The molecule has 1 saturated heterocycles. The molecule has 22 heavy (non-hydrogen) atoms. The zero-order valence-electron chi connectivity index (χ0n) is 12.3. The number of hydrogen-bond acceptors (Lipinski definition) is 2. The van der Waals surface area contributed by atoms with E-state index >= 15 is 0 Å². The predicted octanol–water partition coefficient (Wildman–Crippen LogP) is 3.90. The Morgan fingerprint density at radius 1 is 1.23 bits per heavy atom. The second-order valence-corrected chi connectivity index (χ2v) is 6.46. The van der Waals surface area contributed by atoms with E-state index in [1.54, 1.807) is 0 Å². The Balaban J connectivity index is 0.00000176. The second kappa shape index (κ2) is 7.95. The van der Waals surface area contributed by atoms with Crippen molar-refractivity contribution in [1.29, 1.82) is 0 Å². The van der Waals surface area contributed by atoms with Gasteiger partial charge >= 0.3 is 0 Å². The molecule has 3 nitrogen and oxygen atoms in total. The molecule has 2 aromatic carbocycles. The van der Waals surface area contributed by atoms with Gasteiger partial charge in [0, 0.05) is 22.6 Å². The Bertz CT molecular complexity index is 656. The van der Waals surface area contributed by atoms with E-state index in [1.165, 1.54) is 12.8 Å². The molecule has 2 N–H and O–H groups in total. The standard InChI is InChI=1S/C17H19BrN2O.ClH/c18-15-6-5-12-10-14(4-3-13(12)11-15)17(21)20-9-7-16-2-1-8-19-16;/h3-6,10-11,16,19H,1-2,7-9H2,(H,20,21);1H/t16-;/m1./s1. The summed E-state index contributed by atoms with van der Waals surface area (Å²) in [5, 5.41) is 8.68. The van der Waals surface area contributed by atoms with E-state index in [9.17, 15) is 4.79 Å². The maximum Gasteiger partial charge on any atom is 0.251 e. The van der Waals surface area contributed by atoms with Crippen molar-refractivity contribution in [3.63, 3.8) is 0 Å². The van der Waals surface area contributed by atoms with Crippen LogP contribution in [0.4, 0.5) is 0 Å². The van der Waals surface area contributed by atoms with Crippen LogP contribution < -0.4 is 10.6 Å². The number of halogens is 2. The third kappa shape index (κ3) is 4.22. The summed E-state index contributed by atoms with van der Waals surface area (Å²) < 4.78 is 1.05. The van der Waals surface area contributed by atoms with Crippen molar-refractivity contribution in [1.82, 2.24) is 10.6 Å². The van der Waals surface area contributed by atoms with E-state index < -0.39 is 0 Å². The van der Waals surface area contributed by atoms with Gasteiger partial charge in [0.25, 0.3) is 5.91 Å². The lowest BCUT2D eigenvalue weighted by atomic mass is 10.1. The molecule has 1 heterocycles. The lowest BCUT2D eigenvalue weighted by molar-refractivity contribution is 0.0952. The van der Waals surface area contributed by atoms with Crippen LogP contribution in [0.25, 0.3) is 10.8 Å². The Labute approximate surface area is 145 Å². The minimum absolute atomic E-state index is 0. The molecular formula is C17H20BrClN2O. The van der Waals surface area contributed by atoms with Crippen LogP contribution in [0, 0.1) is 0 Å². The molecule has 1 aliphatic rings. The SMILES string of the molecule is Cl.O=C(NCC[C@H]1CCCN1)c1ccc2cc(Br)ccc2c1. The first-order valence-corrected chi connectivity index (χ1v) is 8.22. The highest BCUT2D eigenvalue weighted by Crippen LogP contribution is 2.21. The molecule has 1 atom stereocenters. The zero-order valence-corrected chi connectivity index (χ0v) is 14.7. The Kier molecular flexibility index (Phi) is 6.24. The molecule has 0 spiro atoms. The summed E-state index contributed by atoms with van der Waals surface area (Å²) in [7, 11) is 0. The van der Waals surface area contributed by atoms with Crippen molar-refractivity contribution in [3.05, 3.63) is 46.4 Å². The molecule has 118 valence electrons. The maximum absolute atomic E-state index is 12.2. The number of benzene rings is 2. The second-order valence-electron chi connectivity index (χ2n) is 5.54. The summed E-state index contributed by atoms with van der Waals surface area (Å²) >= 11 is 3.46. The Morgan fingerprint density at radius 2 is 2.00 bits per heavy atom. The first-order valence-electron chi connectivity index (χ1n) is 7.43. The van der Waals surface area contributed by atoms with E-state index in [-0.39, 0.29) is 18.3 Å². The first-order chi connectivity index (χ1) is 10.2. The smallest absolute Gasteiger partial charge is 0.251 e. The summed E-state index contributed by atoms with van der Waals surface area (Å²) in [6.07, 6.45) is 3.48. The maximum atomic E-state index is 12.2. The van der Waals surface area contributed by atoms with Gasteiger partial charge < -0.3 is 10.6 Å². The van der Waals surface area contributed by atoms with Gasteiger partial charge in [0.2, 0.25) is 0 Å². The predicted molar refractivity (Wildman–Crippen MR) is 96.9 cm³/mol. The van der Waals surface area contributed by atoms with Crippen LogP contribution in [0.3, 0.4) is 0 Å². The largest absolute Gasteiger partial charge is 0.352 e. The summed E-state index contributed by atoms with van der Waals surface area (Å²) in [4.78, 5) is 12.2. The Morgan fingerprint density at radius 3 is 2.77 bits per heavy atom. The van der Waals surface area contributed by atoms with Crippen molar-refractivity contribution >= 4 is 45.0 Å². The minimum atomic E-state index is 0. The molecule has 1 amide bonds. The van der Waals surface area contributed by atoms with E-state index in [0.29, 0.717) is 6.04 Å². The lowest BCUT2D eigenvalue weighted by Crippen LogP contribution is -2.30. The number of nitrogens with one attached hydrogen (secondary N) is 2. The van der Waals surface area contributed by atoms with Gasteiger partial charge in [-0.3, -0.25) is 4.79 Å². The summed E-state index contributed by atoms with van der Waals surface area (Å²) in [5.41, 5.74) is 0.726. The molecule has 5 heteroatoms. The van der Waals surface area contributed by atoms with Gasteiger partial charge in [-0.1, -0.05) is 28.1 Å². The van der Waals surface area contributed by atoms with Crippen LogP contribution in [0.15, 0.2) is 40.9 Å². The first kappa shape index (κ1) is 17.3. The minimum Gasteiger partial charge on any atom is -0.352 e. The zero-order chi connectivity index (χ0) is 14.7.